The van der Waals surface area contributed by atoms with Crippen LogP contribution in [0.5, 0.6) is 0 Å². The van der Waals surface area contributed by atoms with E-state index in [2.05, 4.69) is 142 Å². The molecule has 0 aromatic heterocycles. The number of hydrogen-bond acceptors (Lipinski definition) is 0. The van der Waals surface area contributed by atoms with Crippen molar-refractivity contribution < 1.29 is 0 Å². The van der Waals surface area contributed by atoms with Crippen LogP contribution < -0.4 is 0 Å². The van der Waals surface area contributed by atoms with Crippen molar-refractivity contribution >= 4 is 150 Å². The molecule has 0 spiro atoms. The van der Waals surface area contributed by atoms with Crippen LogP contribution in [0.15, 0.2) is 0 Å². The number of rotatable bonds is 0. The topological polar surface area (TPSA) is 0 Å². The first-order chi connectivity index (χ1) is 4.00. The quantitative estimate of drug-likeness (QED) is 0.197. The van der Waals surface area contributed by atoms with Gasteiger partial charge in [-0.2, -0.15) is 0 Å². The van der Waals surface area contributed by atoms with Crippen LogP contribution in [0.25, 0.3) is 0 Å². The summed E-state index contributed by atoms with van der Waals surface area (Å²) in [5.41, 5.74) is 0. The molecule has 0 aliphatic carbocycles. The van der Waals surface area contributed by atoms with Crippen molar-refractivity contribution in [3.8, 4) is 0 Å². The van der Waals surface area contributed by atoms with E-state index in [9.17, 15) is 0 Å². The molecule has 0 heterocycles. The SMILES string of the molecule is [I][Pb]([I])([I])[I].[I][Pb]([I])([I])[I]. The van der Waals surface area contributed by atoms with Gasteiger partial charge in [-0.25, -0.2) is 0 Å². The fourth-order valence-corrected chi connectivity index (χ4v) is 0. The van der Waals surface area contributed by atoms with Gasteiger partial charge in [0, 0.05) is 0 Å². The summed E-state index contributed by atoms with van der Waals surface area (Å²) in [7, 11) is 0. The van der Waals surface area contributed by atoms with E-state index in [0.717, 1.165) is 0 Å². The first-order valence-electron chi connectivity index (χ1n) is 1.51. The maximum absolute atomic E-state index is 2.56. The molecule has 0 fully saturated rings. The van der Waals surface area contributed by atoms with E-state index in [1.54, 1.807) is 0 Å². The molecule has 0 unspecified atom stereocenters. The van der Waals surface area contributed by atoms with Crippen LogP contribution in [0, 0.1) is 0 Å². The maximum atomic E-state index is 2.56. The Morgan fingerprint density at radius 1 is 0.400 bits per heavy atom. The Balaban J connectivity index is 0. The summed E-state index contributed by atoms with van der Waals surface area (Å²) < 4.78 is -2.80. The van der Waals surface area contributed by atoms with Gasteiger partial charge in [-0.1, -0.05) is 0 Å². The zero-order chi connectivity index (χ0) is 9.00. The Kier molecular flexibility index (Phi) is 21.2. The molecule has 10 heavy (non-hydrogen) atoms. The van der Waals surface area contributed by atoms with Crippen LogP contribution in [-0.2, 0) is 0 Å². The van der Waals surface area contributed by atoms with Crippen molar-refractivity contribution in [3.63, 3.8) is 0 Å². The Hall–Kier alpha value is 7.68. The summed E-state index contributed by atoms with van der Waals surface area (Å²) in [5, 5.41) is 0. The van der Waals surface area contributed by atoms with Gasteiger partial charge in [0.2, 0.25) is 0 Å². The standard InChI is InChI=1S/8HI.2Pb/h8*1H;;/q;;;;;;;;2*+4/p-8. The van der Waals surface area contributed by atoms with Crippen LogP contribution in [0.3, 0.4) is 0 Å². The summed E-state index contributed by atoms with van der Waals surface area (Å²) in [5.74, 6) is 0. The molecular weight excluding hydrogens is 1430 g/mol. The molecule has 0 nitrogen and oxygen atoms in total. The van der Waals surface area contributed by atoms with E-state index in [1.807, 2.05) is 0 Å². The summed E-state index contributed by atoms with van der Waals surface area (Å²) in [6, 6.07) is 0. The molecule has 0 atom stereocenters. The van der Waals surface area contributed by atoms with Crippen LogP contribution in [-0.4, -0.2) is 8.00 Å². The van der Waals surface area contributed by atoms with Gasteiger partial charge in [-0.15, -0.1) is 0 Å². The average molecular weight is 1430 g/mol. The normalized spacial score (nSPS) is 12.0. The van der Waals surface area contributed by atoms with Gasteiger partial charge < -0.3 is 0 Å². The van der Waals surface area contributed by atoms with Gasteiger partial charge >= 0.3 is 150 Å². The number of halogens is 8. The van der Waals surface area contributed by atoms with Crippen molar-refractivity contribution in [3.05, 3.63) is 0 Å². The third-order valence-electron chi connectivity index (χ3n) is 0. The molecule has 0 aromatic rings. The first-order valence-corrected chi connectivity index (χ1v) is 89.0. The van der Waals surface area contributed by atoms with E-state index < -0.39 is 8.00 Å². The minimum absolute atomic E-state index is 1.40. The van der Waals surface area contributed by atoms with E-state index in [0.29, 0.717) is 0 Å². The fraction of sp³-hybridized carbons (Fsp3) is 0. The molecule has 0 aliphatic rings. The predicted octanol–water partition coefficient (Wildman–Crippen LogP) is 6.32. The van der Waals surface area contributed by atoms with E-state index in [4.69, 9.17) is 0 Å². The molecule has 10 heteroatoms. The number of hydrogen-bond donors (Lipinski definition) is 0. The second-order valence-electron chi connectivity index (χ2n) is 0.857. The van der Waals surface area contributed by atoms with Gasteiger partial charge in [0.15, 0.2) is 0 Å². The van der Waals surface area contributed by atoms with Crippen molar-refractivity contribution in [1.82, 2.24) is 0 Å². The third-order valence-corrected chi connectivity index (χ3v) is 0. The van der Waals surface area contributed by atoms with Crippen molar-refractivity contribution in [2.75, 3.05) is 0 Å². The molecule has 0 N–H and O–H groups in total. The van der Waals surface area contributed by atoms with Crippen LogP contribution >= 0.6 is 142 Å². The van der Waals surface area contributed by atoms with Crippen molar-refractivity contribution in [2.45, 2.75) is 0 Å². The summed E-state index contributed by atoms with van der Waals surface area (Å²) >= 11 is 20.5. The van der Waals surface area contributed by atoms with Gasteiger partial charge in [0.25, 0.3) is 0 Å². The molecule has 0 amide bonds. The van der Waals surface area contributed by atoms with Crippen molar-refractivity contribution in [2.24, 2.45) is 0 Å². The molecule has 64 valence electrons. The minimum atomic E-state index is -1.40. The molecular formula is I8Pb2. The molecule has 0 aromatic carbocycles. The van der Waals surface area contributed by atoms with E-state index in [1.165, 1.54) is 0 Å². The van der Waals surface area contributed by atoms with Crippen LogP contribution in [0.4, 0.5) is 0 Å². The molecule has 0 saturated carbocycles. The zero-order valence-electron chi connectivity index (χ0n) is 4.02. The van der Waals surface area contributed by atoms with Crippen LogP contribution in [0.2, 0.25) is 0 Å². The van der Waals surface area contributed by atoms with Gasteiger partial charge in [-0.3, -0.25) is 0 Å². The second kappa shape index (κ2) is 10.6. The van der Waals surface area contributed by atoms with Crippen molar-refractivity contribution in [1.29, 1.82) is 0 Å². The first kappa shape index (κ1) is 20.0. The fourth-order valence-electron chi connectivity index (χ4n) is 0. The van der Waals surface area contributed by atoms with E-state index in [-0.39, 0.29) is 0 Å². The van der Waals surface area contributed by atoms with Crippen LogP contribution in [0.1, 0.15) is 0 Å². The summed E-state index contributed by atoms with van der Waals surface area (Å²) in [6.45, 7) is 0. The van der Waals surface area contributed by atoms with Gasteiger partial charge in [0.05, 0.1) is 0 Å². The van der Waals surface area contributed by atoms with Gasteiger partial charge in [-0.05, 0) is 0 Å². The molecule has 0 rings (SSSR count). The third kappa shape index (κ3) is 57.3. The molecule has 0 aliphatic heterocycles. The predicted molar refractivity (Wildman–Crippen MR) is 124 cm³/mol. The Labute approximate surface area is 143 Å². The molecule has 0 radical (unpaired) electrons. The second-order valence-corrected chi connectivity index (χ2v) is 338. The Bertz CT molecular complexity index is 50.2. The molecule has 0 bridgehead atoms. The van der Waals surface area contributed by atoms with E-state index >= 15 is 0 Å². The summed E-state index contributed by atoms with van der Waals surface area (Å²) in [4.78, 5) is 0. The molecule has 0 saturated heterocycles. The summed E-state index contributed by atoms with van der Waals surface area (Å²) in [6.07, 6.45) is 0. The monoisotopic (exact) mass is 1430 g/mol. The Morgan fingerprint density at radius 2 is 0.400 bits per heavy atom. The Morgan fingerprint density at radius 3 is 0.400 bits per heavy atom. The zero-order valence-corrected chi connectivity index (χ0v) is 29.1. The van der Waals surface area contributed by atoms with Gasteiger partial charge in [0.1, 0.15) is 0 Å². The average Bonchev–Trinajstić information content (AvgIpc) is 1.12.